The third kappa shape index (κ3) is 3.31. The average molecular weight is 312 g/mol. The topological polar surface area (TPSA) is 46.3 Å². The van der Waals surface area contributed by atoms with Crippen molar-refractivity contribution < 1.29 is 9.32 Å². The highest BCUT2D eigenvalue weighted by atomic mass is 16.5. The minimum atomic E-state index is 0.138. The van der Waals surface area contributed by atoms with Gasteiger partial charge in [0.25, 0.3) is 0 Å². The van der Waals surface area contributed by atoms with E-state index in [0.29, 0.717) is 6.42 Å². The van der Waals surface area contributed by atoms with Gasteiger partial charge >= 0.3 is 0 Å². The van der Waals surface area contributed by atoms with E-state index in [1.807, 2.05) is 30.0 Å². The second kappa shape index (κ2) is 6.99. The molecule has 0 radical (unpaired) electrons. The normalized spacial score (nSPS) is 17.7. The maximum absolute atomic E-state index is 12.7. The van der Waals surface area contributed by atoms with Crippen molar-refractivity contribution in [1.29, 1.82) is 0 Å². The third-order valence-electron chi connectivity index (χ3n) is 4.68. The molecule has 23 heavy (non-hydrogen) atoms. The van der Waals surface area contributed by atoms with E-state index in [1.165, 1.54) is 5.56 Å². The van der Waals surface area contributed by atoms with Crippen LogP contribution < -0.4 is 0 Å². The number of amides is 1. The molecular formula is C19H24N2O2. The maximum Gasteiger partial charge on any atom is 0.223 e. The Kier molecular flexibility index (Phi) is 4.79. The van der Waals surface area contributed by atoms with Gasteiger partial charge < -0.3 is 9.42 Å². The van der Waals surface area contributed by atoms with Crippen molar-refractivity contribution in [2.75, 3.05) is 6.54 Å². The van der Waals surface area contributed by atoms with Crippen LogP contribution in [-0.4, -0.2) is 22.5 Å². The van der Waals surface area contributed by atoms with Crippen LogP contribution in [0.2, 0.25) is 0 Å². The lowest BCUT2D eigenvalue weighted by Gasteiger charge is -2.25. The van der Waals surface area contributed by atoms with Crippen molar-refractivity contribution in [2.45, 2.75) is 52.0 Å². The lowest BCUT2D eigenvalue weighted by Crippen LogP contribution is -2.31. The van der Waals surface area contributed by atoms with E-state index in [9.17, 15) is 4.79 Å². The van der Waals surface area contributed by atoms with E-state index in [4.69, 9.17) is 4.52 Å². The van der Waals surface area contributed by atoms with Gasteiger partial charge in [-0.25, -0.2) is 0 Å². The molecule has 1 aliphatic rings. The smallest absolute Gasteiger partial charge is 0.223 e. The van der Waals surface area contributed by atoms with E-state index in [-0.39, 0.29) is 11.9 Å². The zero-order chi connectivity index (χ0) is 16.2. The maximum atomic E-state index is 12.7. The van der Waals surface area contributed by atoms with Crippen molar-refractivity contribution in [3.8, 4) is 0 Å². The van der Waals surface area contributed by atoms with E-state index in [2.05, 4.69) is 24.2 Å². The largest absolute Gasteiger partial charge is 0.361 e. The summed E-state index contributed by atoms with van der Waals surface area (Å²) in [6.45, 7) is 4.88. The SMILES string of the molecule is CCc1onc(C)c1[C@@H]1CCCN1C(=O)CCc1ccccc1. The van der Waals surface area contributed by atoms with Crippen LogP contribution in [0.1, 0.15) is 54.8 Å². The molecule has 2 aromatic rings. The van der Waals surface area contributed by atoms with Gasteiger partial charge in [-0.1, -0.05) is 42.4 Å². The minimum absolute atomic E-state index is 0.138. The molecule has 0 saturated carbocycles. The van der Waals surface area contributed by atoms with Crippen LogP contribution in [0, 0.1) is 6.92 Å². The van der Waals surface area contributed by atoms with Gasteiger partial charge in [0.1, 0.15) is 5.76 Å². The van der Waals surface area contributed by atoms with Crippen LogP contribution in [0.4, 0.5) is 0 Å². The van der Waals surface area contributed by atoms with Crippen LogP contribution in [-0.2, 0) is 17.6 Å². The highest BCUT2D eigenvalue weighted by Crippen LogP contribution is 2.36. The predicted molar refractivity (Wildman–Crippen MR) is 89.1 cm³/mol. The Bertz CT molecular complexity index is 663. The molecule has 1 fully saturated rings. The number of nitrogens with zero attached hydrogens (tertiary/aromatic N) is 2. The molecule has 1 aliphatic heterocycles. The van der Waals surface area contributed by atoms with Crippen molar-refractivity contribution >= 4 is 5.91 Å². The molecule has 2 heterocycles. The van der Waals surface area contributed by atoms with Gasteiger partial charge in [-0.15, -0.1) is 0 Å². The van der Waals surface area contributed by atoms with E-state index in [0.717, 1.165) is 49.2 Å². The summed E-state index contributed by atoms with van der Waals surface area (Å²) in [4.78, 5) is 14.7. The van der Waals surface area contributed by atoms with Gasteiger partial charge in [0, 0.05) is 24.9 Å². The summed E-state index contributed by atoms with van der Waals surface area (Å²) in [5.41, 5.74) is 3.28. The molecule has 0 unspecified atom stereocenters. The highest BCUT2D eigenvalue weighted by Gasteiger charge is 2.33. The fraction of sp³-hybridized carbons (Fsp3) is 0.474. The standard InChI is InChI=1S/C19H24N2O2/c1-3-17-19(14(2)20-23-17)16-10-7-13-21(16)18(22)12-11-15-8-5-4-6-9-15/h4-6,8-9,16H,3,7,10-13H2,1-2H3/t16-/m0/s1. The predicted octanol–water partition coefficient (Wildman–Crippen LogP) is 3.84. The van der Waals surface area contributed by atoms with Crippen molar-refractivity contribution in [1.82, 2.24) is 10.1 Å². The van der Waals surface area contributed by atoms with Gasteiger partial charge in [0.2, 0.25) is 5.91 Å². The summed E-state index contributed by atoms with van der Waals surface area (Å²) in [6.07, 6.45) is 4.23. The Balaban J connectivity index is 1.71. The molecule has 4 heteroatoms. The number of benzene rings is 1. The number of aromatic nitrogens is 1. The zero-order valence-electron chi connectivity index (χ0n) is 13.9. The van der Waals surface area contributed by atoms with Crippen LogP contribution in [0.3, 0.4) is 0 Å². The quantitative estimate of drug-likeness (QED) is 0.842. The Morgan fingerprint density at radius 1 is 1.35 bits per heavy atom. The summed E-state index contributed by atoms with van der Waals surface area (Å²) < 4.78 is 5.43. The average Bonchev–Trinajstić information content (AvgIpc) is 3.19. The molecule has 1 atom stereocenters. The Morgan fingerprint density at radius 3 is 2.87 bits per heavy atom. The Morgan fingerprint density at radius 2 is 2.13 bits per heavy atom. The molecule has 122 valence electrons. The fourth-order valence-electron chi connectivity index (χ4n) is 3.51. The van der Waals surface area contributed by atoms with Crippen LogP contribution in [0.25, 0.3) is 0 Å². The first-order chi connectivity index (χ1) is 11.2. The summed E-state index contributed by atoms with van der Waals surface area (Å²) in [5.74, 6) is 1.16. The first-order valence-corrected chi connectivity index (χ1v) is 8.49. The van der Waals surface area contributed by atoms with E-state index < -0.39 is 0 Å². The zero-order valence-corrected chi connectivity index (χ0v) is 13.9. The van der Waals surface area contributed by atoms with Gasteiger partial charge in [0.15, 0.2) is 0 Å². The Hall–Kier alpha value is -2.10. The van der Waals surface area contributed by atoms with Gasteiger partial charge in [-0.3, -0.25) is 4.79 Å². The van der Waals surface area contributed by atoms with Crippen molar-refractivity contribution in [2.24, 2.45) is 0 Å². The molecule has 1 saturated heterocycles. The number of carbonyl (C=O) groups excluding carboxylic acids is 1. The second-order valence-corrected chi connectivity index (χ2v) is 6.19. The molecule has 1 aromatic heterocycles. The van der Waals surface area contributed by atoms with Gasteiger partial charge in [0.05, 0.1) is 11.7 Å². The van der Waals surface area contributed by atoms with Gasteiger partial charge in [-0.05, 0) is 31.7 Å². The monoisotopic (exact) mass is 312 g/mol. The van der Waals surface area contributed by atoms with Crippen molar-refractivity contribution in [3.63, 3.8) is 0 Å². The minimum Gasteiger partial charge on any atom is -0.361 e. The number of rotatable bonds is 5. The Labute approximate surface area is 137 Å². The number of hydrogen-bond acceptors (Lipinski definition) is 3. The second-order valence-electron chi connectivity index (χ2n) is 6.19. The number of likely N-dealkylation sites (tertiary alicyclic amines) is 1. The summed E-state index contributed by atoms with van der Waals surface area (Å²) in [6, 6.07) is 10.3. The van der Waals surface area contributed by atoms with Gasteiger partial charge in [-0.2, -0.15) is 0 Å². The lowest BCUT2D eigenvalue weighted by atomic mass is 10.0. The first kappa shape index (κ1) is 15.8. The molecule has 0 spiro atoms. The van der Waals surface area contributed by atoms with E-state index >= 15 is 0 Å². The number of hydrogen-bond donors (Lipinski definition) is 0. The fourth-order valence-corrected chi connectivity index (χ4v) is 3.51. The molecule has 3 rings (SSSR count). The van der Waals surface area contributed by atoms with Crippen LogP contribution in [0.15, 0.2) is 34.9 Å². The molecule has 0 bridgehead atoms. The van der Waals surface area contributed by atoms with Crippen LogP contribution in [0.5, 0.6) is 0 Å². The number of carbonyl (C=O) groups is 1. The summed E-state index contributed by atoms with van der Waals surface area (Å²) >= 11 is 0. The summed E-state index contributed by atoms with van der Waals surface area (Å²) in [5, 5.41) is 4.11. The lowest BCUT2D eigenvalue weighted by molar-refractivity contribution is -0.132. The van der Waals surface area contributed by atoms with Crippen molar-refractivity contribution in [3.05, 3.63) is 52.9 Å². The highest BCUT2D eigenvalue weighted by molar-refractivity contribution is 5.77. The third-order valence-corrected chi connectivity index (χ3v) is 4.68. The van der Waals surface area contributed by atoms with E-state index in [1.54, 1.807) is 0 Å². The molecule has 1 aromatic carbocycles. The molecule has 0 N–H and O–H groups in total. The van der Waals surface area contributed by atoms with Crippen LogP contribution >= 0.6 is 0 Å². The first-order valence-electron chi connectivity index (χ1n) is 8.49. The summed E-state index contributed by atoms with van der Waals surface area (Å²) in [7, 11) is 0. The number of aryl methyl sites for hydroxylation is 3. The molecule has 4 nitrogen and oxygen atoms in total. The molecular weight excluding hydrogens is 288 g/mol. The molecule has 0 aliphatic carbocycles. The molecule has 1 amide bonds.